The summed E-state index contributed by atoms with van der Waals surface area (Å²) in [6, 6.07) is 10.3. The Labute approximate surface area is 141 Å². The summed E-state index contributed by atoms with van der Waals surface area (Å²) in [5.41, 5.74) is 0.902. The van der Waals surface area contributed by atoms with Gasteiger partial charge in [0.1, 0.15) is 11.4 Å². The van der Waals surface area contributed by atoms with Crippen LogP contribution in [0.15, 0.2) is 42.6 Å². The number of rotatable bonds is 5. The van der Waals surface area contributed by atoms with Crippen LogP contribution in [-0.2, 0) is 9.53 Å². The van der Waals surface area contributed by atoms with Crippen LogP contribution < -0.4 is 10.1 Å². The second kappa shape index (κ2) is 7.05. The van der Waals surface area contributed by atoms with Crippen molar-refractivity contribution in [2.24, 2.45) is 0 Å². The fraction of sp³-hybridized carbons (Fsp3) is 0.125. The van der Waals surface area contributed by atoms with Gasteiger partial charge >= 0.3 is 5.97 Å². The van der Waals surface area contributed by atoms with Crippen molar-refractivity contribution < 1.29 is 19.1 Å². The minimum absolute atomic E-state index is 0.150. The Hall–Kier alpha value is -3.00. The summed E-state index contributed by atoms with van der Waals surface area (Å²) in [5.74, 6) is -0.404. The first-order valence-electron chi connectivity index (χ1n) is 6.98. The fourth-order valence-corrected chi connectivity index (χ4v) is 2.84. The molecule has 8 heteroatoms. The van der Waals surface area contributed by atoms with Crippen LogP contribution in [0.4, 0.5) is 5.13 Å². The summed E-state index contributed by atoms with van der Waals surface area (Å²) in [5, 5.41) is 3.03. The number of benzene rings is 1. The van der Waals surface area contributed by atoms with E-state index in [9.17, 15) is 9.59 Å². The van der Waals surface area contributed by atoms with Gasteiger partial charge in [-0.3, -0.25) is 10.1 Å². The van der Waals surface area contributed by atoms with Crippen molar-refractivity contribution in [3.8, 4) is 5.75 Å². The summed E-state index contributed by atoms with van der Waals surface area (Å²) < 4.78 is 10.9. The molecule has 0 aliphatic rings. The van der Waals surface area contributed by atoms with Crippen molar-refractivity contribution in [2.75, 3.05) is 19.0 Å². The molecule has 0 fully saturated rings. The highest BCUT2D eigenvalue weighted by Gasteiger charge is 2.13. The third kappa shape index (κ3) is 3.66. The lowest BCUT2D eigenvalue weighted by molar-refractivity contribution is -0.119. The zero-order valence-corrected chi connectivity index (χ0v) is 13.5. The number of esters is 1. The zero-order valence-electron chi connectivity index (χ0n) is 12.7. The number of carbonyl (C=O) groups is 2. The van der Waals surface area contributed by atoms with Crippen molar-refractivity contribution in [3.63, 3.8) is 0 Å². The number of hydrogen-bond donors (Lipinski definition) is 1. The lowest BCUT2D eigenvalue weighted by Gasteiger charge is -2.03. The van der Waals surface area contributed by atoms with Crippen LogP contribution in [0.2, 0.25) is 0 Å². The quantitative estimate of drug-likeness (QED) is 0.716. The Morgan fingerprint density at radius 1 is 1.25 bits per heavy atom. The molecule has 0 aliphatic carbocycles. The van der Waals surface area contributed by atoms with Crippen molar-refractivity contribution in [2.45, 2.75) is 0 Å². The Kier molecular flexibility index (Phi) is 4.66. The molecule has 3 rings (SSSR count). The van der Waals surface area contributed by atoms with E-state index in [4.69, 9.17) is 9.47 Å². The standard InChI is InChI=1S/C16H13N3O4S/c1-22-10-5-6-11-13(8-10)24-16(18-11)19-14(20)9-23-15(21)12-4-2-3-7-17-12/h2-8H,9H2,1H3,(H,18,19,20). The molecule has 7 nitrogen and oxygen atoms in total. The van der Waals surface area contributed by atoms with Gasteiger partial charge in [-0.15, -0.1) is 0 Å². The molecule has 2 aromatic heterocycles. The molecule has 1 amide bonds. The molecule has 0 aliphatic heterocycles. The molecule has 0 bridgehead atoms. The number of nitrogens with zero attached hydrogens (tertiary/aromatic N) is 2. The number of pyridine rings is 1. The summed E-state index contributed by atoms with van der Waals surface area (Å²) in [7, 11) is 1.58. The van der Waals surface area contributed by atoms with E-state index in [1.165, 1.54) is 23.6 Å². The normalized spacial score (nSPS) is 10.4. The third-order valence-corrected chi connectivity index (χ3v) is 3.98. The van der Waals surface area contributed by atoms with Gasteiger partial charge in [-0.25, -0.2) is 14.8 Å². The number of nitrogens with one attached hydrogen (secondary N) is 1. The number of aromatic nitrogens is 2. The second-order valence-electron chi connectivity index (χ2n) is 4.69. The Morgan fingerprint density at radius 2 is 2.12 bits per heavy atom. The van der Waals surface area contributed by atoms with E-state index >= 15 is 0 Å². The second-order valence-corrected chi connectivity index (χ2v) is 5.72. The molecular weight excluding hydrogens is 330 g/mol. The maximum atomic E-state index is 11.9. The van der Waals surface area contributed by atoms with E-state index in [0.29, 0.717) is 10.9 Å². The van der Waals surface area contributed by atoms with Gasteiger partial charge in [0.2, 0.25) is 0 Å². The number of fused-ring (bicyclic) bond motifs is 1. The largest absolute Gasteiger partial charge is 0.497 e. The van der Waals surface area contributed by atoms with Crippen LogP contribution in [0.3, 0.4) is 0 Å². The summed E-state index contributed by atoms with van der Waals surface area (Å²) >= 11 is 1.31. The fourth-order valence-electron chi connectivity index (χ4n) is 1.93. The minimum atomic E-state index is -0.653. The van der Waals surface area contributed by atoms with Gasteiger partial charge in [-0.1, -0.05) is 17.4 Å². The van der Waals surface area contributed by atoms with Crippen LogP contribution >= 0.6 is 11.3 Å². The van der Waals surface area contributed by atoms with Gasteiger partial charge in [0.25, 0.3) is 5.91 Å². The Morgan fingerprint density at radius 3 is 2.88 bits per heavy atom. The Balaban J connectivity index is 1.59. The molecule has 1 N–H and O–H groups in total. The highest BCUT2D eigenvalue weighted by molar-refractivity contribution is 7.22. The lowest BCUT2D eigenvalue weighted by Crippen LogP contribution is -2.21. The molecule has 24 heavy (non-hydrogen) atoms. The molecule has 3 aromatic rings. The number of ether oxygens (including phenoxy) is 2. The van der Waals surface area contributed by atoms with Crippen LogP contribution in [0.25, 0.3) is 10.2 Å². The van der Waals surface area contributed by atoms with Crippen molar-refractivity contribution in [1.82, 2.24) is 9.97 Å². The van der Waals surface area contributed by atoms with E-state index < -0.39 is 18.5 Å². The lowest BCUT2D eigenvalue weighted by atomic mass is 10.3. The highest BCUT2D eigenvalue weighted by atomic mass is 32.1. The molecule has 0 radical (unpaired) electrons. The van der Waals surface area contributed by atoms with Crippen molar-refractivity contribution >= 4 is 38.6 Å². The van der Waals surface area contributed by atoms with Gasteiger partial charge in [0, 0.05) is 6.20 Å². The van der Waals surface area contributed by atoms with E-state index in [1.54, 1.807) is 31.4 Å². The first kappa shape index (κ1) is 15.9. The van der Waals surface area contributed by atoms with Gasteiger partial charge in [0.05, 0.1) is 17.3 Å². The van der Waals surface area contributed by atoms with E-state index in [0.717, 1.165) is 10.2 Å². The monoisotopic (exact) mass is 343 g/mol. The average molecular weight is 343 g/mol. The molecule has 0 saturated heterocycles. The maximum absolute atomic E-state index is 11.9. The predicted octanol–water partition coefficient (Wildman–Crippen LogP) is 2.50. The molecule has 0 unspecified atom stereocenters. The summed E-state index contributed by atoms with van der Waals surface area (Å²) in [4.78, 5) is 31.8. The molecule has 2 heterocycles. The minimum Gasteiger partial charge on any atom is -0.497 e. The van der Waals surface area contributed by atoms with Gasteiger partial charge in [-0.05, 0) is 30.3 Å². The van der Waals surface area contributed by atoms with E-state index in [-0.39, 0.29) is 5.69 Å². The smallest absolute Gasteiger partial charge is 0.357 e. The topological polar surface area (TPSA) is 90.4 Å². The van der Waals surface area contributed by atoms with Crippen LogP contribution in [0.5, 0.6) is 5.75 Å². The third-order valence-electron chi connectivity index (χ3n) is 3.05. The molecule has 122 valence electrons. The summed E-state index contributed by atoms with van der Waals surface area (Å²) in [6.07, 6.45) is 1.48. The van der Waals surface area contributed by atoms with Gasteiger partial charge < -0.3 is 9.47 Å². The highest BCUT2D eigenvalue weighted by Crippen LogP contribution is 2.29. The first-order valence-corrected chi connectivity index (χ1v) is 7.80. The molecule has 0 atom stereocenters. The van der Waals surface area contributed by atoms with Crippen LogP contribution in [-0.4, -0.2) is 35.6 Å². The number of hydrogen-bond acceptors (Lipinski definition) is 7. The molecular formula is C16H13N3O4S. The predicted molar refractivity (Wildman–Crippen MR) is 89.3 cm³/mol. The zero-order chi connectivity index (χ0) is 16.9. The average Bonchev–Trinajstić information content (AvgIpc) is 3.01. The van der Waals surface area contributed by atoms with Crippen molar-refractivity contribution in [1.29, 1.82) is 0 Å². The van der Waals surface area contributed by atoms with Crippen molar-refractivity contribution in [3.05, 3.63) is 48.3 Å². The number of thiazole rings is 1. The van der Waals surface area contributed by atoms with E-state index in [1.807, 2.05) is 6.07 Å². The summed E-state index contributed by atoms with van der Waals surface area (Å²) in [6.45, 7) is -0.408. The van der Waals surface area contributed by atoms with Crippen LogP contribution in [0.1, 0.15) is 10.5 Å². The number of carbonyl (C=O) groups excluding carboxylic acids is 2. The number of anilines is 1. The maximum Gasteiger partial charge on any atom is 0.357 e. The van der Waals surface area contributed by atoms with Crippen LogP contribution in [0, 0.1) is 0 Å². The van der Waals surface area contributed by atoms with E-state index in [2.05, 4.69) is 15.3 Å². The molecule has 0 spiro atoms. The molecule has 1 aromatic carbocycles. The van der Waals surface area contributed by atoms with Gasteiger partial charge in [-0.2, -0.15) is 0 Å². The number of methoxy groups -OCH3 is 1. The first-order chi connectivity index (χ1) is 11.7. The molecule has 0 saturated carbocycles. The SMILES string of the molecule is COc1ccc2nc(NC(=O)COC(=O)c3ccccn3)sc2c1. The Bertz CT molecular complexity index is 879. The van der Waals surface area contributed by atoms with Gasteiger partial charge in [0.15, 0.2) is 11.7 Å². The number of amides is 1.